The Balaban J connectivity index is 0.00000172. The van der Waals surface area contributed by atoms with Gasteiger partial charge in [0.2, 0.25) is 0 Å². The number of aliphatic imine (C=N–C) groups is 1. The molecule has 1 heterocycles. The van der Waals surface area contributed by atoms with Gasteiger partial charge in [-0.3, -0.25) is 9.98 Å². The molecule has 1 rings (SSSR count). The minimum Gasteiger partial charge on any atom is -0.382 e. The molecule has 0 radical (unpaired) electrons. The lowest BCUT2D eigenvalue weighted by atomic mass is 10.2. The van der Waals surface area contributed by atoms with Gasteiger partial charge in [0, 0.05) is 25.1 Å². The van der Waals surface area contributed by atoms with Crippen LogP contribution < -0.4 is 0 Å². The summed E-state index contributed by atoms with van der Waals surface area (Å²) in [7, 11) is 1.65. The van der Waals surface area contributed by atoms with Crippen molar-refractivity contribution in [3.05, 3.63) is 36.2 Å². The van der Waals surface area contributed by atoms with Crippen LogP contribution in [0.3, 0.4) is 0 Å². The molecule has 0 amide bonds. The summed E-state index contributed by atoms with van der Waals surface area (Å²) >= 11 is 0. The number of rotatable bonds is 7. The van der Waals surface area contributed by atoms with E-state index in [4.69, 9.17) is 9.47 Å². The molecule has 0 N–H and O–H groups in total. The van der Waals surface area contributed by atoms with E-state index in [1.165, 1.54) is 0 Å². The SMILES string of the molecule is C/C=C(\C=N/C(C)OCCOC)c1ccccn1.CC. The average Bonchev–Trinajstić information content (AvgIpc) is 2.51. The van der Waals surface area contributed by atoms with Gasteiger partial charge in [0.15, 0.2) is 0 Å². The molecule has 112 valence electrons. The highest BCUT2D eigenvalue weighted by Crippen LogP contribution is 2.08. The summed E-state index contributed by atoms with van der Waals surface area (Å²) in [5, 5.41) is 0. The van der Waals surface area contributed by atoms with Crippen molar-refractivity contribution in [3.8, 4) is 0 Å². The van der Waals surface area contributed by atoms with E-state index < -0.39 is 0 Å². The van der Waals surface area contributed by atoms with Crippen LogP contribution in [0.25, 0.3) is 5.57 Å². The molecule has 20 heavy (non-hydrogen) atoms. The van der Waals surface area contributed by atoms with Gasteiger partial charge >= 0.3 is 0 Å². The summed E-state index contributed by atoms with van der Waals surface area (Å²) < 4.78 is 10.4. The van der Waals surface area contributed by atoms with E-state index in [1.807, 2.05) is 52.0 Å². The predicted molar refractivity (Wildman–Crippen MR) is 85.0 cm³/mol. The van der Waals surface area contributed by atoms with Crippen LogP contribution in [0.15, 0.2) is 35.5 Å². The Hall–Kier alpha value is -1.52. The average molecular weight is 278 g/mol. The van der Waals surface area contributed by atoms with E-state index >= 15 is 0 Å². The van der Waals surface area contributed by atoms with Crippen LogP contribution in [0.1, 0.15) is 33.4 Å². The second-order valence-electron chi connectivity index (χ2n) is 3.70. The van der Waals surface area contributed by atoms with E-state index in [0.717, 1.165) is 11.3 Å². The van der Waals surface area contributed by atoms with Crippen molar-refractivity contribution in [2.45, 2.75) is 33.9 Å². The fourth-order valence-corrected chi connectivity index (χ4v) is 1.35. The fourth-order valence-electron chi connectivity index (χ4n) is 1.35. The third-order valence-electron chi connectivity index (χ3n) is 2.34. The summed E-state index contributed by atoms with van der Waals surface area (Å²) in [6.45, 7) is 8.99. The Morgan fingerprint density at radius 1 is 1.35 bits per heavy atom. The highest BCUT2D eigenvalue weighted by atomic mass is 16.5. The lowest BCUT2D eigenvalue weighted by Gasteiger charge is -2.08. The standard InChI is InChI=1S/C14H20N2O2.C2H6/c1-4-13(14-7-5-6-8-15-14)11-16-12(2)18-10-9-17-3;1-2/h4-8,11-12H,9-10H2,1-3H3;1-2H3/b13-4+,16-11-;. The van der Waals surface area contributed by atoms with E-state index in [2.05, 4.69) is 9.98 Å². The second kappa shape index (κ2) is 12.5. The molecule has 0 fully saturated rings. The third-order valence-corrected chi connectivity index (χ3v) is 2.34. The smallest absolute Gasteiger partial charge is 0.145 e. The van der Waals surface area contributed by atoms with Gasteiger partial charge in [0.25, 0.3) is 0 Å². The van der Waals surface area contributed by atoms with Crippen LogP contribution in [0, 0.1) is 0 Å². The number of methoxy groups -OCH3 is 1. The molecule has 1 atom stereocenters. The Labute approximate surface area is 122 Å². The van der Waals surface area contributed by atoms with Crippen molar-refractivity contribution in [2.75, 3.05) is 20.3 Å². The molecule has 0 aliphatic carbocycles. The minimum atomic E-state index is -0.182. The summed E-state index contributed by atoms with van der Waals surface area (Å²) in [6.07, 6.45) is 5.36. The zero-order valence-corrected chi connectivity index (χ0v) is 13.2. The van der Waals surface area contributed by atoms with Gasteiger partial charge in [0.1, 0.15) is 6.23 Å². The van der Waals surface area contributed by atoms with Crippen LogP contribution >= 0.6 is 0 Å². The van der Waals surface area contributed by atoms with Crippen molar-refractivity contribution in [1.29, 1.82) is 0 Å². The first kappa shape index (κ1) is 18.5. The number of hydrogen-bond donors (Lipinski definition) is 0. The highest BCUT2D eigenvalue weighted by Gasteiger charge is 2.00. The van der Waals surface area contributed by atoms with Gasteiger partial charge in [-0.15, -0.1) is 0 Å². The molecular formula is C16H26N2O2. The Kier molecular flexibility index (Phi) is 11.6. The van der Waals surface area contributed by atoms with Gasteiger partial charge < -0.3 is 9.47 Å². The van der Waals surface area contributed by atoms with Crippen molar-refractivity contribution in [2.24, 2.45) is 4.99 Å². The van der Waals surface area contributed by atoms with E-state index in [9.17, 15) is 0 Å². The predicted octanol–water partition coefficient (Wildman–Crippen LogP) is 3.59. The molecule has 0 aliphatic rings. The second-order valence-corrected chi connectivity index (χ2v) is 3.70. The molecule has 1 aromatic heterocycles. The first-order valence-corrected chi connectivity index (χ1v) is 6.99. The van der Waals surface area contributed by atoms with Crippen LogP contribution in [0.5, 0.6) is 0 Å². The molecular weight excluding hydrogens is 252 g/mol. The molecule has 0 spiro atoms. The number of ether oxygens (including phenoxy) is 2. The van der Waals surface area contributed by atoms with Gasteiger partial charge in [-0.05, 0) is 26.0 Å². The van der Waals surface area contributed by atoms with Crippen LogP contribution in [0.4, 0.5) is 0 Å². The molecule has 0 saturated heterocycles. The minimum absolute atomic E-state index is 0.182. The van der Waals surface area contributed by atoms with Gasteiger partial charge in [-0.25, -0.2) is 0 Å². The maximum Gasteiger partial charge on any atom is 0.145 e. The van der Waals surface area contributed by atoms with Gasteiger partial charge in [0.05, 0.1) is 18.9 Å². The van der Waals surface area contributed by atoms with Crippen LogP contribution in [-0.4, -0.2) is 37.8 Å². The number of hydrogen-bond acceptors (Lipinski definition) is 4. The Morgan fingerprint density at radius 2 is 2.10 bits per heavy atom. The van der Waals surface area contributed by atoms with E-state index in [0.29, 0.717) is 13.2 Å². The maximum absolute atomic E-state index is 5.44. The fraction of sp³-hybridized carbons (Fsp3) is 0.500. The number of allylic oxidation sites excluding steroid dienone is 2. The highest BCUT2D eigenvalue weighted by molar-refractivity contribution is 6.08. The van der Waals surface area contributed by atoms with Crippen LogP contribution in [-0.2, 0) is 9.47 Å². The summed E-state index contributed by atoms with van der Waals surface area (Å²) in [5.41, 5.74) is 1.89. The van der Waals surface area contributed by atoms with Gasteiger partial charge in [-0.1, -0.05) is 26.0 Å². The molecule has 0 saturated carbocycles. The lowest BCUT2D eigenvalue weighted by molar-refractivity contribution is 0.0311. The van der Waals surface area contributed by atoms with Crippen LogP contribution in [0.2, 0.25) is 0 Å². The summed E-state index contributed by atoms with van der Waals surface area (Å²) in [6, 6.07) is 5.81. The molecule has 1 unspecified atom stereocenters. The normalized spacial score (nSPS) is 12.9. The van der Waals surface area contributed by atoms with Gasteiger partial charge in [-0.2, -0.15) is 0 Å². The van der Waals surface area contributed by atoms with E-state index in [1.54, 1.807) is 19.5 Å². The largest absolute Gasteiger partial charge is 0.382 e. The third kappa shape index (κ3) is 7.81. The Bertz CT molecular complexity index is 389. The quantitative estimate of drug-likeness (QED) is 0.565. The van der Waals surface area contributed by atoms with Crippen molar-refractivity contribution >= 4 is 11.8 Å². The Morgan fingerprint density at radius 3 is 2.65 bits per heavy atom. The molecule has 4 heteroatoms. The first-order chi connectivity index (χ1) is 9.77. The number of aromatic nitrogens is 1. The number of pyridine rings is 1. The molecule has 0 bridgehead atoms. The zero-order chi connectivity index (χ0) is 15.2. The van der Waals surface area contributed by atoms with E-state index in [-0.39, 0.29) is 6.23 Å². The van der Waals surface area contributed by atoms with Crippen molar-refractivity contribution < 1.29 is 9.47 Å². The monoisotopic (exact) mass is 278 g/mol. The molecule has 0 aromatic carbocycles. The summed E-state index contributed by atoms with van der Waals surface area (Å²) in [5.74, 6) is 0. The molecule has 4 nitrogen and oxygen atoms in total. The summed E-state index contributed by atoms with van der Waals surface area (Å²) in [4.78, 5) is 8.62. The number of nitrogens with zero attached hydrogens (tertiary/aromatic N) is 2. The lowest BCUT2D eigenvalue weighted by Crippen LogP contribution is -2.10. The first-order valence-electron chi connectivity index (χ1n) is 6.99. The maximum atomic E-state index is 5.44. The van der Waals surface area contributed by atoms with Crippen molar-refractivity contribution in [3.63, 3.8) is 0 Å². The molecule has 1 aromatic rings. The topological polar surface area (TPSA) is 43.7 Å². The van der Waals surface area contributed by atoms with Crippen molar-refractivity contribution in [1.82, 2.24) is 4.98 Å². The zero-order valence-electron chi connectivity index (χ0n) is 13.2. The molecule has 0 aliphatic heterocycles.